The highest BCUT2D eigenvalue weighted by atomic mass is 16.5. The minimum absolute atomic E-state index is 0.0169. The number of hydrogen-bond acceptors (Lipinski definition) is 3. The third-order valence-electron chi connectivity index (χ3n) is 6.60. The Labute approximate surface area is 177 Å². The zero-order valence-electron chi connectivity index (χ0n) is 17.6. The van der Waals surface area contributed by atoms with Gasteiger partial charge < -0.3 is 15.2 Å². The molecule has 0 radical (unpaired) electrons. The maximum absolute atomic E-state index is 12.6. The second-order valence-corrected chi connectivity index (χ2v) is 9.34. The third-order valence-corrected chi connectivity index (χ3v) is 6.60. The summed E-state index contributed by atoms with van der Waals surface area (Å²) in [5.74, 6) is -0.882. The van der Waals surface area contributed by atoms with Gasteiger partial charge in [-0.1, -0.05) is 62.4 Å². The average Bonchev–Trinajstić information content (AvgIpc) is 3.02. The first kappa shape index (κ1) is 20.5. The lowest BCUT2D eigenvalue weighted by atomic mass is 9.69. The summed E-state index contributed by atoms with van der Waals surface area (Å²) < 4.78 is 5.65. The molecule has 2 aliphatic rings. The van der Waals surface area contributed by atoms with E-state index in [-0.39, 0.29) is 36.3 Å². The molecule has 1 fully saturated rings. The Morgan fingerprint density at radius 3 is 2.27 bits per heavy atom. The molecular formula is C25H29NO4. The molecule has 5 nitrogen and oxygen atoms in total. The molecule has 0 spiro atoms. The van der Waals surface area contributed by atoms with Gasteiger partial charge in [0.25, 0.3) is 0 Å². The third kappa shape index (κ3) is 4.20. The van der Waals surface area contributed by atoms with E-state index in [0.29, 0.717) is 0 Å². The number of aliphatic carboxylic acids is 1. The first-order valence-corrected chi connectivity index (χ1v) is 10.7. The number of hydrogen-bond donors (Lipinski definition) is 2. The van der Waals surface area contributed by atoms with Gasteiger partial charge in [0, 0.05) is 12.0 Å². The number of ether oxygens (including phenoxy) is 1. The van der Waals surface area contributed by atoms with E-state index in [1.54, 1.807) is 0 Å². The summed E-state index contributed by atoms with van der Waals surface area (Å²) in [4.78, 5) is 23.9. The van der Waals surface area contributed by atoms with Gasteiger partial charge in [0.1, 0.15) is 6.61 Å². The molecule has 0 saturated heterocycles. The largest absolute Gasteiger partial charge is 0.481 e. The summed E-state index contributed by atoms with van der Waals surface area (Å²) in [7, 11) is 0. The number of amides is 1. The first-order chi connectivity index (χ1) is 14.3. The predicted octanol–water partition coefficient (Wildman–Crippen LogP) is 5.19. The monoisotopic (exact) mass is 407 g/mol. The lowest BCUT2D eigenvalue weighted by molar-refractivity contribution is -0.139. The maximum Gasteiger partial charge on any atom is 0.407 e. The minimum atomic E-state index is -0.822. The number of nitrogens with one attached hydrogen (secondary N) is 1. The number of benzene rings is 2. The predicted molar refractivity (Wildman–Crippen MR) is 115 cm³/mol. The van der Waals surface area contributed by atoms with Crippen molar-refractivity contribution in [2.75, 3.05) is 6.61 Å². The number of carboxylic acid groups (broad SMARTS) is 1. The summed E-state index contributed by atoms with van der Waals surface area (Å²) >= 11 is 0. The molecule has 0 heterocycles. The topological polar surface area (TPSA) is 75.6 Å². The van der Waals surface area contributed by atoms with Crippen molar-refractivity contribution in [3.63, 3.8) is 0 Å². The van der Waals surface area contributed by atoms with Gasteiger partial charge in [-0.3, -0.25) is 4.79 Å². The molecule has 0 aliphatic heterocycles. The van der Waals surface area contributed by atoms with Crippen molar-refractivity contribution in [2.24, 2.45) is 11.3 Å². The Morgan fingerprint density at radius 1 is 1.07 bits per heavy atom. The molecular weight excluding hydrogens is 378 g/mol. The Bertz CT molecular complexity index is 906. The van der Waals surface area contributed by atoms with Crippen LogP contribution in [0.15, 0.2) is 48.5 Å². The highest BCUT2D eigenvalue weighted by molar-refractivity contribution is 5.79. The van der Waals surface area contributed by atoms with Crippen molar-refractivity contribution in [3.8, 4) is 11.1 Å². The molecule has 2 unspecified atom stereocenters. The van der Waals surface area contributed by atoms with Gasteiger partial charge in [0.05, 0.1) is 6.42 Å². The van der Waals surface area contributed by atoms with Crippen LogP contribution >= 0.6 is 0 Å². The molecule has 30 heavy (non-hydrogen) atoms. The Kier molecular flexibility index (Phi) is 5.54. The molecule has 2 atom stereocenters. The van der Waals surface area contributed by atoms with Crippen LogP contribution in [0.5, 0.6) is 0 Å². The fraction of sp³-hybridized carbons (Fsp3) is 0.440. The molecule has 0 aromatic heterocycles. The van der Waals surface area contributed by atoms with E-state index < -0.39 is 12.1 Å². The van der Waals surface area contributed by atoms with E-state index in [4.69, 9.17) is 4.74 Å². The minimum Gasteiger partial charge on any atom is -0.481 e. The normalized spacial score (nSPS) is 22.1. The van der Waals surface area contributed by atoms with E-state index >= 15 is 0 Å². The molecule has 0 bridgehead atoms. The molecule has 1 saturated carbocycles. The quantitative estimate of drug-likeness (QED) is 0.715. The number of fused-ring (bicyclic) bond motifs is 3. The summed E-state index contributed by atoms with van der Waals surface area (Å²) in [6.45, 7) is 4.58. The van der Waals surface area contributed by atoms with Crippen LogP contribution in [0.25, 0.3) is 11.1 Å². The van der Waals surface area contributed by atoms with Crippen LogP contribution < -0.4 is 5.32 Å². The summed E-state index contributed by atoms with van der Waals surface area (Å²) in [6.07, 6.45) is 2.12. The molecule has 1 amide bonds. The number of carbonyl (C=O) groups is 2. The highest BCUT2D eigenvalue weighted by Crippen LogP contribution is 2.44. The van der Waals surface area contributed by atoms with Crippen LogP contribution in [0.4, 0.5) is 4.79 Å². The fourth-order valence-electron chi connectivity index (χ4n) is 5.16. The van der Waals surface area contributed by atoms with E-state index in [1.165, 1.54) is 22.3 Å². The van der Waals surface area contributed by atoms with Crippen molar-refractivity contribution in [1.29, 1.82) is 0 Å². The smallest absolute Gasteiger partial charge is 0.407 e. The lowest BCUT2D eigenvalue weighted by Gasteiger charge is -2.40. The number of carbonyl (C=O) groups excluding carboxylic acids is 1. The molecule has 2 N–H and O–H groups in total. The van der Waals surface area contributed by atoms with Crippen LogP contribution in [0.3, 0.4) is 0 Å². The van der Waals surface area contributed by atoms with E-state index in [9.17, 15) is 14.7 Å². The van der Waals surface area contributed by atoms with Gasteiger partial charge >= 0.3 is 12.1 Å². The second-order valence-electron chi connectivity index (χ2n) is 9.34. The van der Waals surface area contributed by atoms with E-state index in [1.807, 2.05) is 24.3 Å². The number of rotatable bonds is 5. The zero-order valence-corrected chi connectivity index (χ0v) is 17.6. The van der Waals surface area contributed by atoms with Crippen LogP contribution in [0.2, 0.25) is 0 Å². The lowest BCUT2D eigenvalue weighted by Crippen LogP contribution is -2.46. The van der Waals surface area contributed by atoms with Crippen molar-refractivity contribution in [2.45, 2.75) is 51.5 Å². The van der Waals surface area contributed by atoms with Crippen LogP contribution in [0.1, 0.15) is 56.6 Å². The summed E-state index contributed by atoms with van der Waals surface area (Å²) in [6, 6.07) is 16.3. The SMILES string of the molecule is CC1(C)CCC(NC(=O)OCC2c3ccccc3-c3ccccc32)C(CC(=O)O)C1. The molecule has 158 valence electrons. The van der Waals surface area contributed by atoms with Gasteiger partial charge in [-0.05, 0) is 52.8 Å². The van der Waals surface area contributed by atoms with Crippen LogP contribution in [-0.2, 0) is 9.53 Å². The van der Waals surface area contributed by atoms with Gasteiger partial charge in [-0.15, -0.1) is 0 Å². The summed E-state index contributed by atoms with van der Waals surface area (Å²) in [5, 5.41) is 12.2. The molecule has 5 heteroatoms. The summed E-state index contributed by atoms with van der Waals surface area (Å²) in [5.41, 5.74) is 4.83. The van der Waals surface area contributed by atoms with Crippen molar-refractivity contribution in [1.82, 2.24) is 5.32 Å². The highest BCUT2D eigenvalue weighted by Gasteiger charge is 2.37. The Hall–Kier alpha value is -2.82. The first-order valence-electron chi connectivity index (χ1n) is 10.7. The maximum atomic E-state index is 12.6. The number of carboxylic acids is 1. The Balaban J connectivity index is 1.42. The van der Waals surface area contributed by atoms with Gasteiger partial charge in [0.15, 0.2) is 0 Å². The van der Waals surface area contributed by atoms with Crippen LogP contribution in [-0.4, -0.2) is 29.8 Å². The second kappa shape index (κ2) is 8.13. The van der Waals surface area contributed by atoms with Crippen molar-refractivity contribution >= 4 is 12.1 Å². The van der Waals surface area contributed by atoms with Gasteiger partial charge in [-0.2, -0.15) is 0 Å². The van der Waals surface area contributed by atoms with E-state index in [0.717, 1.165) is 19.3 Å². The van der Waals surface area contributed by atoms with Crippen molar-refractivity contribution in [3.05, 3.63) is 59.7 Å². The fourth-order valence-corrected chi connectivity index (χ4v) is 5.16. The number of alkyl carbamates (subject to hydrolysis) is 1. The standard InChI is InChI=1S/C25H29NO4/c1-25(2)12-11-22(16(14-25)13-23(27)28)26-24(29)30-15-21-19-9-5-3-7-17(19)18-8-4-6-10-20(18)21/h3-10,16,21-22H,11-15H2,1-2H3,(H,26,29)(H,27,28). The Morgan fingerprint density at radius 2 is 1.67 bits per heavy atom. The van der Waals surface area contributed by atoms with Crippen molar-refractivity contribution < 1.29 is 19.4 Å². The average molecular weight is 408 g/mol. The van der Waals surface area contributed by atoms with Gasteiger partial charge in [0.2, 0.25) is 0 Å². The van der Waals surface area contributed by atoms with Crippen LogP contribution in [0, 0.1) is 11.3 Å². The molecule has 4 rings (SSSR count). The molecule has 2 aromatic carbocycles. The van der Waals surface area contributed by atoms with E-state index in [2.05, 4.69) is 43.4 Å². The zero-order chi connectivity index (χ0) is 21.3. The molecule has 2 aliphatic carbocycles. The van der Waals surface area contributed by atoms with Gasteiger partial charge in [-0.25, -0.2) is 4.79 Å². The molecule has 2 aromatic rings.